The van der Waals surface area contributed by atoms with Crippen molar-refractivity contribution in [3.63, 3.8) is 0 Å². The minimum atomic E-state index is -0.498. The molecule has 3 fully saturated rings. The third-order valence-electron chi connectivity index (χ3n) is 3.98. The fourth-order valence-electron chi connectivity index (χ4n) is 3.11. The second-order valence-electron chi connectivity index (χ2n) is 5.01. The molecule has 4 rings (SSSR count). The summed E-state index contributed by atoms with van der Waals surface area (Å²) in [5, 5.41) is 10.1. The number of rotatable bonds is 2. The average Bonchev–Trinajstić information content (AvgIpc) is 2.90. The van der Waals surface area contributed by atoms with Gasteiger partial charge in [0.05, 0.1) is 18.7 Å². The predicted molar refractivity (Wildman–Crippen MR) is 60.2 cm³/mol. The van der Waals surface area contributed by atoms with Crippen LogP contribution < -0.4 is 0 Å². The fraction of sp³-hybridized carbons (Fsp3) is 0.538. The van der Waals surface area contributed by atoms with Gasteiger partial charge in [0.25, 0.3) is 0 Å². The first-order valence-corrected chi connectivity index (χ1v) is 6.09. The highest BCUT2D eigenvalue weighted by Gasteiger charge is 2.64. The quantitative estimate of drug-likeness (QED) is 0.749. The Labute approximate surface area is 99.7 Å². The Kier molecular flexibility index (Phi) is 2.08. The van der Waals surface area contributed by atoms with Crippen molar-refractivity contribution < 1.29 is 14.6 Å². The van der Waals surface area contributed by atoms with E-state index in [1.165, 1.54) is 5.56 Å². The summed E-state index contributed by atoms with van der Waals surface area (Å²) in [5.41, 5.74) is 1.28. The normalized spacial score (nSPS) is 46.6. The van der Waals surface area contributed by atoms with Crippen molar-refractivity contribution in [3.8, 4) is 0 Å². The van der Waals surface area contributed by atoms with E-state index in [4.69, 9.17) is 9.47 Å². The Morgan fingerprint density at radius 1 is 1.24 bits per heavy atom. The summed E-state index contributed by atoms with van der Waals surface area (Å²) in [6, 6.07) is 10.9. The number of nitrogens with zero attached hydrogens (tertiary/aromatic N) is 1. The van der Waals surface area contributed by atoms with Crippen LogP contribution in [0.3, 0.4) is 0 Å². The molecule has 3 aliphatic heterocycles. The molecule has 3 heterocycles. The second-order valence-corrected chi connectivity index (χ2v) is 5.01. The monoisotopic (exact) mass is 233 g/mol. The lowest BCUT2D eigenvalue weighted by atomic mass is 10.1. The number of aliphatic hydroxyl groups excluding tert-OH is 1. The topological polar surface area (TPSA) is 41.7 Å². The van der Waals surface area contributed by atoms with E-state index in [-0.39, 0.29) is 12.1 Å². The molecule has 3 saturated heterocycles. The number of aliphatic hydroxyl groups is 1. The molecule has 0 aromatic heterocycles. The van der Waals surface area contributed by atoms with Gasteiger partial charge in [0.15, 0.2) is 6.29 Å². The molecule has 1 aromatic carbocycles. The zero-order valence-corrected chi connectivity index (χ0v) is 9.40. The number of ether oxygens (including phenoxy) is 2. The third-order valence-corrected chi connectivity index (χ3v) is 3.98. The van der Waals surface area contributed by atoms with Crippen LogP contribution >= 0.6 is 0 Å². The molecule has 17 heavy (non-hydrogen) atoms. The van der Waals surface area contributed by atoms with Crippen LogP contribution in [0.4, 0.5) is 0 Å². The summed E-state index contributed by atoms with van der Waals surface area (Å²) < 4.78 is 11.0. The van der Waals surface area contributed by atoms with E-state index in [0.717, 1.165) is 6.54 Å². The molecule has 3 aliphatic rings. The minimum Gasteiger partial charge on any atom is -0.386 e. The first-order chi connectivity index (χ1) is 8.34. The van der Waals surface area contributed by atoms with Crippen molar-refractivity contribution >= 4 is 0 Å². The zero-order chi connectivity index (χ0) is 11.4. The molecule has 0 aliphatic carbocycles. The van der Waals surface area contributed by atoms with Crippen molar-refractivity contribution in [3.05, 3.63) is 35.9 Å². The number of fused-ring (bicyclic) bond motifs is 4. The lowest BCUT2D eigenvalue weighted by Gasteiger charge is -2.20. The van der Waals surface area contributed by atoms with Crippen LogP contribution in [0.15, 0.2) is 30.3 Å². The van der Waals surface area contributed by atoms with Gasteiger partial charge in [-0.3, -0.25) is 4.90 Å². The number of hydrogen-bond acceptors (Lipinski definition) is 4. The molecule has 6 atom stereocenters. The molecule has 0 amide bonds. The molecule has 1 N–H and O–H groups in total. The van der Waals surface area contributed by atoms with Crippen LogP contribution in [-0.4, -0.2) is 47.2 Å². The molecular weight excluding hydrogens is 218 g/mol. The van der Waals surface area contributed by atoms with E-state index in [2.05, 4.69) is 17.0 Å². The van der Waals surface area contributed by atoms with Gasteiger partial charge in [0.2, 0.25) is 0 Å². The van der Waals surface area contributed by atoms with Crippen molar-refractivity contribution in [2.45, 2.75) is 37.1 Å². The highest BCUT2D eigenvalue weighted by molar-refractivity contribution is 5.21. The SMILES string of the molecule is O[C@H]1[C@@H]2OC[C@@H](O2)[C@H]2[C@@H]1N2Cc1ccccc1. The Morgan fingerprint density at radius 2 is 2.06 bits per heavy atom. The molecule has 1 unspecified atom stereocenters. The summed E-state index contributed by atoms with van der Waals surface area (Å²) in [5.74, 6) is 0. The van der Waals surface area contributed by atoms with Crippen LogP contribution in [0.25, 0.3) is 0 Å². The molecule has 4 nitrogen and oxygen atoms in total. The summed E-state index contributed by atoms with van der Waals surface area (Å²) in [4.78, 5) is 2.31. The van der Waals surface area contributed by atoms with Gasteiger partial charge in [-0.2, -0.15) is 0 Å². The summed E-state index contributed by atoms with van der Waals surface area (Å²) in [6.07, 6.45) is -0.749. The summed E-state index contributed by atoms with van der Waals surface area (Å²) in [6.45, 7) is 1.51. The maximum absolute atomic E-state index is 10.1. The molecule has 4 heteroatoms. The van der Waals surface area contributed by atoms with Crippen LogP contribution in [0.2, 0.25) is 0 Å². The predicted octanol–water partition coefficient (Wildman–Crippen LogP) is 0.355. The standard InChI is InChI=1S/C13H15NO3/c15-12-11-10(9-7-16-13(12)17-9)14(11)6-8-4-2-1-3-5-8/h1-5,9-13,15H,6-7H2/t9-,10+,11+,12-,13-,14?/m1/s1. The minimum absolute atomic E-state index is 0.150. The Bertz CT molecular complexity index is 420. The fourth-order valence-corrected chi connectivity index (χ4v) is 3.11. The average molecular weight is 233 g/mol. The van der Waals surface area contributed by atoms with E-state index in [1.54, 1.807) is 0 Å². The van der Waals surface area contributed by atoms with Gasteiger partial charge in [0.1, 0.15) is 12.2 Å². The molecule has 0 spiro atoms. The lowest BCUT2D eigenvalue weighted by molar-refractivity contribution is -0.142. The number of hydrogen-bond donors (Lipinski definition) is 1. The van der Waals surface area contributed by atoms with E-state index >= 15 is 0 Å². The van der Waals surface area contributed by atoms with E-state index in [0.29, 0.717) is 12.6 Å². The smallest absolute Gasteiger partial charge is 0.185 e. The maximum Gasteiger partial charge on any atom is 0.185 e. The van der Waals surface area contributed by atoms with E-state index in [1.807, 2.05) is 18.2 Å². The number of benzene rings is 1. The summed E-state index contributed by atoms with van der Waals surface area (Å²) in [7, 11) is 0. The van der Waals surface area contributed by atoms with Crippen molar-refractivity contribution in [1.82, 2.24) is 4.90 Å². The van der Waals surface area contributed by atoms with Gasteiger partial charge in [0, 0.05) is 6.54 Å². The molecular formula is C13H15NO3. The van der Waals surface area contributed by atoms with Gasteiger partial charge in [-0.25, -0.2) is 0 Å². The maximum atomic E-state index is 10.1. The lowest BCUT2D eigenvalue weighted by Crippen LogP contribution is -2.39. The zero-order valence-electron chi connectivity index (χ0n) is 9.40. The first-order valence-electron chi connectivity index (χ1n) is 6.09. The van der Waals surface area contributed by atoms with Crippen LogP contribution in [0.5, 0.6) is 0 Å². The Morgan fingerprint density at radius 3 is 2.88 bits per heavy atom. The second kappa shape index (κ2) is 3.53. The van der Waals surface area contributed by atoms with Gasteiger partial charge in [-0.05, 0) is 5.56 Å². The first kappa shape index (κ1) is 10.0. The van der Waals surface area contributed by atoms with Gasteiger partial charge in [-0.1, -0.05) is 30.3 Å². The van der Waals surface area contributed by atoms with E-state index < -0.39 is 12.4 Å². The highest BCUT2D eigenvalue weighted by atomic mass is 16.7. The van der Waals surface area contributed by atoms with Crippen LogP contribution in [0, 0.1) is 0 Å². The van der Waals surface area contributed by atoms with Crippen LogP contribution in [-0.2, 0) is 16.0 Å². The van der Waals surface area contributed by atoms with Gasteiger partial charge in [-0.15, -0.1) is 0 Å². The van der Waals surface area contributed by atoms with E-state index in [9.17, 15) is 5.11 Å². The van der Waals surface area contributed by atoms with Crippen molar-refractivity contribution in [2.75, 3.05) is 6.61 Å². The largest absolute Gasteiger partial charge is 0.386 e. The highest BCUT2D eigenvalue weighted by Crippen LogP contribution is 2.45. The molecule has 0 saturated carbocycles. The molecule has 90 valence electrons. The van der Waals surface area contributed by atoms with Gasteiger partial charge >= 0.3 is 0 Å². The molecule has 1 aromatic rings. The van der Waals surface area contributed by atoms with Crippen molar-refractivity contribution in [2.24, 2.45) is 0 Å². The summed E-state index contributed by atoms with van der Waals surface area (Å²) >= 11 is 0. The Hall–Kier alpha value is -0.940. The molecule has 0 radical (unpaired) electrons. The third kappa shape index (κ3) is 1.45. The van der Waals surface area contributed by atoms with Crippen LogP contribution in [0.1, 0.15) is 5.56 Å². The Balaban J connectivity index is 1.52. The van der Waals surface area contributed by atoms with Crippen molar-refractivity contribution in [1.29, 1.82) is 0 Å². The molecule has 2 bridgehead atoms. The van der Waals surface area contributed by atoms with Gasteiger partial charge < -0.3 is 14.6 Å².